The van der Waals surface area contributed by atoms with E-state index in [1.165, 1.54) is 19.2 Å². The van der Waals surface area contributed by atoms with Crippen molar-refractivity contribution >= 4 is 16.0 Å². The summed E-state index contributed by atoms with van der Waals surface area (Å²) in [7, 11) is -2.21. The molecule has 0 bridgehead atoms. The molecule has 0 aliphatic carbocycles. The smallest absolute Gasteiger partial charge is 0.307 e. The van der Waals surface area contributed by atoms with Gasteiger partial charge >= 0.3 is 5.97 Å². The molecule has 0 aliphatic heterocycles. The minimum absolute atomic E-state index is 0.0936. The van der Waals surface area contributed by atoms with Crippen LogP contribution in [0, 0.1) is 12.8 Å². The van der Waals surface area contributed by atoms with Crippen LogP contribution in [-0.2, 0) is 14.8 Å². The van der Waals surface area contributed by atoms with Gasteiger partial charge in [-0.05, 0) is 37.1 Å². The molecule has 2 N–H and O–H groups in total. The fourth-order valence-corrected chi connectivity index (χ4v) is 2.88. The van der Waals surface area contributed by atoms with Gasteiger partial charge in [-0.1, -0.05) is 6.92 Å². The molecule has 0 spiro atoms. The number of rotatable bonds is 7. The number of carboxylic acids is 1. The minimum atomic E-state index is -3.72. The number of carbonyl (C=O) groups is 1. The number of hydrogen-bond acceptors (Lipinski definition) is 4. The van der Waals surface area contributed by atoms with E-state index in [9.17, 15) is 13.2 Å². The van der Waals surface area contributed by atoms with Crippen LogP contribution < -0.4 is 9.46 Å². The molecular formula is C13H19NO5S. The number of ether oxygens (including phenoxy) is 1. The average Bonchev–Trinajstić information content (AvgIpc) is 2.38. The van der Waals surface area contributed by atoms with Crippen molar-refractivity contribution in [1.82, 2.24) is 4.72 Å². The van der Waals surface area contributed by atoms with Crippen molar-refractivity contribution in [2.75, 3.05) is 13.7 Å². The van der Waals surface area contributed by atoms with Crippen LogP contribution >= 0.6 is 0 Å². The Labute approximate surface area is 118 Å². The molecule has 1 atom stereocenters. The molecule has 0 heterocycles. The standard InChI is InChI=1S/C13H19NO5S/c1-4-10(13(15)16)8-14-20(17,18)11-5-6-12(19-3)9(2)7-11/h5-7,10,14H,4,8H2,1-3H3,(H,15,16). The highest BCUT2D eigenvalue weighted by molar-refractivity contribution is 7.89. The van der Waals surface area contributed by atoms with Crippen molar-refractivity contribution in [3.8, 4) is 5.75 Å². The summed E-state index contributed by atoms with van der Waals surface area (Å²) in [5.74, 6) is -1.15. The molecule has 7 heteroatoms. The molecule has 0 amide bonds. The number of methoxy groups -OCH3 is 1. The summed E-state index contributed by atoms with van der Waals surface area (Å²) < 4.78 is 31.6. The van der Waals surface area contributed by atoms with Gasteiger partial charge < -0.3 is 9.84 Å². The van der Waals surface area contributed by atoms with Crippen LogP contribution in [0.15, 0.2) is 23.1 Å². The summed E-state index contributed by atoms with van der Waals surface area (Å²) in [5.41, 5.74) is 0.695. The van der Waals surface area contributed by atoms with E-state index in [4.69, 9.17) is 9.84 Å². The quantitative estimate of drug-likeness (QED) is 0.794. The van der Waals surface area contributed by atoms with Gasteiger partial charge in [0, 0.05) is 6.54 Å². The van der Waals surface area contributed by atoms with E-state index in [0.717, 1.165) is 0 Å². The third kappa shape index (κ3) is 3.94. The van der Waals surface area contributed by atoms with Crippen LogP contribution in [0.1, 0.15) is 18.9 Å². The van der Waals surface area contributed by atoms with Gasteiger partial charge in [-0.15, -0.1) is 0 Å². The maximum absolute atomic E-state index is 12.1. The number of sulfonamides is 1. The predicted molar refractivity (Wildman–Crippen MR) is 74.3 cm³/mol. The van der Waals surface area contributed by atoms with Gasteiger partial charge in [-0.25, -0.2) is 13.1 Å². The van der Waals surface area contributed by atoms with E-state index in [1.807, 2.05) is 0 Å². The summed E-state index contributed by atoms with van der Waals surface area (Å²) in [6.45, 7) is 3.31. The molecule has 0 saturated carbocycles. The first kappa shape index (κ1) is 16.5. The van der Waals surface area contributed by atoms with Crippen molar-refractivity contribution < 1.29 is 23.1 Å². The summed E-state index contributed by atoms with van der Waals surface area (Å²) >= 11 is 0. The van der Waals surface area contributed by atoms with E-state index in [2.05, 4.69) is 4.72 Å². The van der Waals surface area contributed by atoms with Crippen LogP contribution in [0.4, 0.5) is 0 Å². The Kier molecular flexibility index (Phi) is 5.52. The molecule has 112 valence electrons. The van der Waals surface area contributed by atoms with Crippen molar-refractivity contribution in [3.05, 3.63) is 23.8 Å². The van der Waals surface area contributed by atoms with Gasteiger partial charge in [-0.3, -0.25) is 4.79 Å². The Hall–Kier alpha value is -1.60. The molecule has 1 unspecified atom stereocenters. The topological polar surface area (TPSA) is 92.7 Å². The lowest BCUT2D eigenvalue weighted by molar-refractivity contribution is -0.141. The number of hydrogen-bond donors (Lipinski definition) is 2. The zero-order valence-corrected chi connectivity index (χ0v) is 12.5. The van der Waals surface area contributed by atoms with Crippen LogP contribution in [0.2, 0.25) is 0 Å². The highest BCUT2D eigenvalue weighted by Gasteiger charge is 2.20. The number of benzene rings is 1. The first-order valence-corrected chi connectivity index (χ1v) is 7.67. The summed E-state index contributed by atoms with van der Waals surface area (Å²) in [4.78, 5) is 11.0. The zero-order valence-electron chi connectivity index (χ0n) is 11.7. The van der Waals surface area contributed by atoms with E-state index in [0.29, 0.717) is 17.7 Å². The lowest BCUT2D eigenvalue weighted by atomic mass is 10.1. The fourth-order valence-electron chi connectivity index (χ4n) is 1.72. The van der Waals surface area contributed by atoms with Gasteiger partial charge in [0.25, 0.3) is 0 Å². The average molecular weight is 301 g/mol. The van der Waals surface area contributed by atoms with Crippen molar-refractivity contribution in [2.24, 2.45) is 5.92 Å². The van der Waals surface area contributed by atoms with E-state index in [1.54, 1.807) is 19.9 Å². The molecule has 0 aromatic heterocycles. The van der Waals surface area contributed by atoms with Crippen molar-refractivity contribution in [3.63, 3.8) is 0 Å². The zero-order chi connectivity index (χ0) is 15.3. The van der Waals surface area contributed by atoms with Gasteiger partial charge in [0.05, 0.1) is 17.9 Å². The molecule has 0 aliphatic rings. The summed E-state index contributed by atoms with van der Waals surface area (Å²) in [5, 5.41) is 8.90. The number of carboxylic acid groups (broad SMARTS) is 1. The summed E-state index contributed by atoms with van der Waals surface area (Å²) in [6, 6.07) is 4.48. The van der Waals surface area contributed by atoms with E-state index < -0.39 is 21.9 Å². The van der Waals surface area contributed by atoms with Crippen LogP contribution in [0.25, 0.3) is 0 Å². The lowest BCUT2D eigenvalue weighted by Gasteiger charge is -2.12. The number of nitrogens with one attached hydrogen (secondary N) is 1. The lowest BCUT2D eigenvalue weighted by Crippen LogP contribution is -2.32. The molecule has 6 nitrogen and oxygen atoms in total. The third-order valence-electron chi connectivity index (χ3n) is 3.04. The predicted octanol–water partition coefficient (Wildman–Crippen LogP) is 1.39. The second kappa shape index (κ2) is 6.71. The maximum Gasteiger partial charge on any atom is 0.307 e. The van der Waals surface area contributed by atoms with Gasteiger partial charge in [-0.2, -0.15) is 0 Å². The molecule has 0 fully saturated rings. The van der Waals surface area contributed by atoms with Crippen LogP contribution in [-0.4, -0.2) is 33.1 Å². The molecule has 0 saturated heterocycles. The Bertz CT molecular complexity index is 582. The van der Waals surface area contributed by atoms with Gasteiger partial charge in [0.15, 0.2) is 0 Å². The Morgan fingerprint density at radius 1 is 1.45 bits per heavy atom. The monoisotopic (exact) mass is 301 g/mol. The normalized spacial score (nSPS) is 12.9. The first-order valence-electron chi connectivity index (χ1n) is 6.19. The maximum atomic E-state index is 12.1. The van der Waals surface area contributed by atoms with Crippen LogP contribution in [0.3, 0.4) is 0 Å². The number of aliphatic carboxylic acids is 1. The van der Waals surface area contributed by atoms with Gasteiger partial charge in [0.2, 0.25) is 10.0 Å². The van der Waals surface area contributed by atoms with Crippen LogP contribution in [0.5, 0.6) is 5.75 Å². The SMILES string of the molecule is CCC(CNS(=O)(=O)c1ccc(OC)c(C)c1)C(=O)O. The largest absolute Gasteiger partial charge is 0.496 e. The number of aryl methyl sites for hydroxylation is 1. The molecule has 1 rings (SSSR count). The molecule has 0 radical (unpaired) electrons. The summed E-state index contributed by atoms with van der Waals surface area (Å²) in [6.07, 6.45) is 0.361. The van der Waals surface area contributed by atoms with E-state index in [-0.39, 0.29) is 11.4 Å². The van der Waals surface area contributed by atoms with Gasteiger partial charge in [0.1, 0.15) is 5.75 Å². The molecule has 1 aromatic rings. The van der Waals surface area contributed by atoms with Crippen molar-refractivity contribution in [1.29, 1.82) is 0 Å². The fraction of sp³-hybridized carbons (Fsp3) is 0.462. The van der Waals surface area contributed by atoms with Crippen molar-refractivity contribution in [2.45, 2.75) is 25.2 Å². The second-order valence-corrected chi connectivity index (χ2v) is 6.19. The molecule has 1 aromatic carbocycles. The Morgan fingerprint density at radius 2 is 2.10 bits per heavy atom. The Morgan fingerprint density at radius 3 is 2.55 bits per heavy atom. The third-order valence-corrected chi connectivity index (χ3v) is 4.46. The Balaban J connectivity index is 2.89. The highest BCUT2D eigenvalue weighted by Crippen LogP contribution is 2.21. The van der Waals surface area contributed by atoms with E-state index >= 15 is 0 Å². The minimum Gasteiger partial charge on any atom is -0.496 e. The first-order chi connectivity index (χ1) is 9.31. The molecular weight excluding hydrogens is 282 g/mol. The molecule has 20 heavy (non-hydrogen) atoms. The second-order valence-electron chi connectivity index (χ2n) is 4.43. The highest BCUT2D eigenvalue weighted by atomic mass is 32.2.